The third kappa shape index (κ3) is 5.30. The second-order valence-electron chi connectivity index (χ2n) is 5.87. The van der Waals surface area contributed by atoms with E-state index in [-0.39, 0.29) is 11.5 Å². The van der Waals surface area contributed by atoms with Crippen LogP contribution in [0.2, 0.25) is 0 Å². The number of nitrogens with zero attached hydrogens (tertiary/aromatic N) is 1. The zero-order valence-corrected chi connectivity index (χ0v) is 14.9. The molecule has 1 fully saturated rings. The number of ether oxygens (including phenoxy) is 2. The number of nitrogens with one attached hydrogen (secondary N) is 1. The van der Waals surface area contributed by atoms with Crippen LogP contribution in [-0.2, 0) is 16.4 Å². The summed E-state index contributed by atoms with van der Waals surface area (Å²) in [5.41, 5.74) is 6.84. The monoisotopic (exact) mass is 355 g/mol. The molecule has 0 unspecified atom stereocenters. The van der Waals surface area contributed by atoms with Crippen molar-refractivity contribution in [2.24, 2.45) is 16.6 Å². The molecule has 2 rings (SSSR count). The average Bonchev–Trinajstić information content (AvgIpc) is 2.58. The summed E-state index contributed by atoms with van der Waals surface area (Å²) < 4.78 is 33.3. The van der Waals surface area contributed by atoms with Crippen molar-refractivity contribution in [3.63, 3.8) is 0 Å². The lowest BCUT2D eigenvalue weighted by Crippen LogP contribution is -2.38. The van der Waals surface area contributed by atoms with Gasteiger partial charge >= 0.3 is 0 Å². The molecule has 8 heteroatoms. The Morgan fingerprint density at radius 3 is 2.54 bits per heavy atom. The van der Waals surface area contributed by atoms with Gasteiger partial charge in [0.2, 0.25) is 0 Å². The first-order valence-corrected chi connectivity index (χ1v) is 9.71. The summed E-state index contributed by atoms with van der Waals surface area (Å²) in [7, 11) is 0.356. The first-order chi connectivity index (χ1) is 11.4. The fraction of sp³-hybridized carbons (Fsp3) is 0.562. The molecule has 7 nitrogen and oxygen atoms in total. The summed E-state index contributed by atoms with van der Waals surface area (Å²) in [6.45, 7) is 1.08. The minimum Gasteiger partial charge on any atom is -0.493 e. The zero-order valence-electron chi connectivity index (χ0n) is 14.1. The molecule has 0 saturated carbocycles. The van der Waals surface area contributed by atoms with Gasteiger partial charge in [-0.05, 0) is 36.5 Å². The Balaban J connectivity index is 1.83. The highest BCUT2D eigenvalue weighted by Crippen LogP contribution is 2.27. The van der Waals surface area contributed by atoms with Crippen molar-refractivity contribution < 1.29 is 17.9 Å². The number of hydrogen-bond donors (Lipinski definition) is 2. The summed E-state index contributed by atoms with van der Waals surface area (Å²) in [5.74, 6) is 2.54. The van der Waals surface area contributed by atoms with Crippen LogP contribution >= 0.6 is 0 Å². The van der Waals surface area contributed by atoms with Crippen LogP contribution in [0, 0.1) is 5.92 Å². The normalized spacial score (nSPS) is 18.2. The van der Waals surface area contributed by atoms with Crippen molar-refractivity contribution in [3.8, 4) is 11.5 Å². The Bertz CT molecular complexity index is 675. The highest BCUT2D eigenvalue weighted by molar-refractivity contribution is 7.91. The van der Waals surface area contributed by atoms with Crippen LogP contribution in [0.25, 0.3) is 0 Å². The standard InChI is InChI=1S/C16H25N3O4S/c1-22-14-4-3-13(9-15(14)23-2)11-19-16(17)18-10-12-5-7-24(20,21)8-6-12/h3-4,9,12H,5-8,10-11H2,1-2H3,(H3,17,18,19). The van der Waals surface area contributed by atoms with E-state index in [0.29, 0.717) is 49.3 Å². The number of nitrogens with two attached hydrogens (primary N) is 1. The number of sulfone groups is 1. The molecule has 0 radical (unpaired) electrons. The van der Waals surface area contributed by atoms with E-state index < -0.39 is 9.84 Å². The van der Waals surface area contributed by atoms with Gasteiger partial charge in [-0.15, -0.1) is 0 Å². The van der Waals surface area contributed by atoms with Crippen molar-refractivity contribution in [2.75, 3.05) is 32.3 Å². The van der Waals surface area contributed by atoms with Gasteiger partial charge in [0.05, 0.1) is 32.3 Å². The number of guanidine groups is 1. The third-order valence-electron chi connectivity index (χ3n) is 4.13. The molecule has 1 aliphatic heterocycles. The number of methoxy groups -OCH3 is 2. The third-order valence-corrected chi connectivity index (χ3v) is 5.84. The van der Waals surface area contributed by atoms with Crippen molar-refractivity contribution in [1.82, 2.24) is 5.32 Å². The lowest BCUT2D eigenvalue weighted by Gasteiger charge is -2.22. The van der Waals surface area contributed by atoms with Crippen molar-refractivity contribution in [2.45, 2.75) is 19.4 Å². The molecule has 1 heterocycles. The molecule has 1 saturated heterocycles. The summed E-state index contributed by atoms with van der Waals surface area (Å²) in [5, 5.41) is 3.08. The molecule has 1 aromatic rings. The Morgan fingerprint density at radius 1 is 1.25 bits per heavy atom. The zero-order chi connectivity index (χ0) is 17.6. The molecule has 24 heavy (non-hydrogen) atoms. The van der Waals surface area contributed by atoms with Gasteiger partial charge in [-0.2, -0.15) is 0 Å². The van der Waals surface area contributed by atoms with Gasteiger partial charge in [-0.1, -0.05) is 6.07 Å². The lowest BCUT2D eigenvalue weighted by atomic mass is 10.0. The van der Waals surface area contributed by atoms with Crippen molar-refractivity contribution >= 4 is 15.8 Å². The Morgan fingerprint density at radius 2 is 1.92 bits per heavy atom. The number of rotatable bonds is 6. The Hall–Kier alpha value is -1.96. The fourth-order valence-electron chi connectivity index (χ4n) is 2.60. The first kappa shape index (κ1) is 18.4. The quantitative estimate of drug-likeness (QED) is 0.581. The Labute approximate surface area is 143 Å². The van der Waals surface area contributed by atoms with Crippen LogP contribution in [0.3, 0.4) is 0 Å². The van der Waals surface area contributed by atoms with E-state index in [1.54, 1.807) is 14.2 Å². The summed E-state index contributed by atoms with van der Waals surface area (Å²) in [6, 6.07) is 5.60. The van der Waals surface area contributed by atoms with Crippen LogP contribution in [0.4, 0.5) is 0 Å². The van der Waals surface area contributed by atoms with Gasteiger partial charge in [0.15, 0.2) is 17.5 Å². The second kappa shape index (κ2) is 8.23. The van der Waals surface area contributed by atoms with E-state index in [0.717, 1.165) is 5.56 Å². The van der Waals surface area contributed by atoms with Gasteiger partial charge in [0.25, 0.3) is 0 Å². The number of aliphatic imine (C=N–C) groups is 1. The van der Waals surface area contributed by atoms with Crippen LogP contribution in [0.1, 0.15) is 18.4 Å². The minimum atomic E-state index is -2.82. The first-order valence-electron chi connectivity index (χ1n) is 7.88. The molecule has 3 N–H and O–H groups in total. The minimum absolute atomic E-state index is 0.266. The predicted molar refractivity (Wildman–Crippen MR) is 94.3 cm³/mol. The molecule has 0 bridgehead atoms. The van der Waals surface area contributed by atoms with Crippen molar-refractivity contribution in [3.05, 3.63) is 23.8 Å². The molecular weight excluding hydrogens is 330 g/mol. The summed E-state index contributed by atoms with van der Waals surface area (Å²) in [4.78, 5) is 4.31. The van der Waals surface area contributed by atoms with Crippen LogP contribution in [0.15, 0.2) is 23.2 Å². The lowest BCUT2D eigenvalue weighted by molar-refractivity contribution is 0.354. The molecule has 0 aliphatic carbocycles. The molecule has 1 aromatic carbocycles. The number of hydrogen-bond acceptors (Lipinski definition) is 5. The predicted octanol–water partition coefficient (Wildman–Crippen LogP) is 0.933. The van der Waals surface area contributed by atoms with E-state index in [1.807, 2.05) is 18.2 Å². The van der Waals surface area contributed by atoms with E-state index in [9.17, 15) is 8.42 Å². The fourth-order valence-corrected chi connectivity index (χ4v) is 4.19. The molecule has 0 spiro atoms. The summed E-state index contributed by atoms with van der Waals surface area (Å²) >= 11 is 0. The largest absolute Gasteiger partial charge is 0.493 e. The smallest absolute Gasteiger partial charge is 0.188 e. The highest BCUT2D eigenvalue weighted by Gasteiger charge is 2.23. The molecule has 0 amide bonds. The molecular formula is C16H25N3O4S. The average molecular weight is 355 g/mol. The maximum absolute atomic E-state index is 11.4. The van der Waals surface area contributed by atoms with Gasteiger partial charge in [-0.25, -0.2) is 13.4 Å². The molecule has 134 valence electrons. The van der Waals surface area contributed by atoms with Gasteiger partial charge in [-0.3, -0.25) is 0 Å². The van der Waals surface area contributed by atoms with E-state index in [2.05, 4.69) is 10.3 Å². The van der Waals surface area contributed by atoms with Gasteiger partial charge in [0.1, 0.15) is 9.84 Å². The Kier molecular flexibility index (Phi) is 6.30. The molecule has 0 atom stereocenters. The van der Waals surface area contributed by atoms with E-state index in [1.165, 1.54) is 0 Å². The summed E-state index contributed by atoms with van der Waals surface area (Å²) in [6.07, 6.45) is 1.36. The maximum atomic E-state index is 11.4. The van der Waals surface area contributed by atoms with Crippen molar-refractivity contribution in [1.29, 1.82) is 0 Å². The molecule has 0 aromatic heterocycles. The maximum Gasteiger partial charge on any atom is 0.188 e. The van der Waals surface area contributed by atoms with E-state index in [4.69, 9.17) is 15.2 Å². The number of benzene rings is 1. The molecule has 1 aliphatic rings. The highest BCUT2D eigenvalue weighted by atomic mass is 32.2. The SMILES string of the molecule is COc1ccc(CN=C(N)NCC2CCS(=O)(=O)CC2)cc1OC. The van der Waals surface area contributed by atoms with Crippen LogP contribution in [0.5, 0.6) is 11.5 Å². The van der Waals surface area contributed by atoms with Crippen LogP contribution in [-0.4, -0.2) is 46.6 Å². The van der Waals surface area contributed by atoms with Gasteiger partial charge in [0, 0.05) is 6.54 Å². The topological polar surface area (TPSA) is 103 Å². The van der Waals surface area contributed by atoms with Crippen LogP contribution < -0.4 is 20.5 Å². The van der Waals surface area contributed by atoms with Gasteiger partial charge < -0.3 is 20.5 Å². The second-order valence-corrected chi connectivity index (χ2v) is 8.17. The van der Waals surface area contributed by atoms with E-state index >= 15 is 0 Å².